The van der Waals surface area contributed by atoms with Crippen LogP contribution in [0.3, 0.4) is 0 Å². The molecule has 7 heteroatoms. The molecular weight excluding hydrogens is 344 g/mol. The summed E-state index contributed by atoms with van der Waals surface area (Å²) in [5.41, 5.74) is 1.88. The molecule has 4 rings (SSSR count). The molecule has 7 nitrogen and oxygen atoms in total. The molecule has 0 spiro atoms. The van der Waals surface area contributed by atoms with E-state index in [2.05, 4.69) is 21.4 Å². The van der Waals surface area contributed by atoms with Crippen LogP contribution in [0.1, 0.15) is 22.8 Å². The van der Waals surface area contributed by atoms with Crippen molar-refractivity contribution in [3.8, 4) is 23.4 Å². The lowest BCUT2D eigenvalue weighted by molar-refractivity contribution is 0.0878. The van der Waals surface area contributed by atoms with Crippen molar-refractivity contribution in [1.29, 1.82) is 5.26 Å². The number of ketones is 1. The van der Waals surface area contributed by atoms with Crippen molar-refractivity contribution in [2.75, 3.05) is 5.32 Å². The molecule has 132 valence electrons. The third kappa shape index (κ3) is 3.41. The number of anilines is 2. The molecule has 1 unspecified atom stereocenters. The van der Waals surface area contributed by atoms with E-state index < -0.39 is 6.10 Å². The molecule has 0 saturated carbocycles. The third-order valence-corrected chi connectivity index (χ3v) is 4.01. The molecule has 1 atom stereocenters. The predicted octanol–water partition coefficient (Wildman–Crippen LogP) is 3.85. The number of fused-ring (bicyclic) bond motifs is 1. The van der Waals surface area contributed by atoms with Crippen molar-refractivity contribution >= 4 is 17.4 Å². The maximum absolute atomic E-state index is 11.9. The first-order valence-corrected chi connectivity index (χ1v) is 8.25. The third-order valence-electron chi connectivity index (χ3n) is 4.01. The van der Waals surface area contributed by atoms with Gasteiger partial charge in [-0.3, -0.25) is 4.79 Å². The van der Waals surface area contributed by atoms with Gasteiger partial charge >= 0.3 is 0 Å². The minimum Gasteiger partial charge on any atom is -0.482 e. The highest BCUT2D eigenvalue weighted by Gasteiger charge is 2.28. The van der Waals surface area contributed by atoms with Gasteiger partial charge in [0, 0.05) is 24.0 Å². The lowest BCUT2D eigenvalue weighted by Crippen LogP contribution is -2.14. The number of aromatic nitrogens is 2. The molecule has 3 aromatic rings. The Hall–Kier alpha value is -3.92. The molecule has 2 aromatic carbocycles. The largest absolute Gasteiger partial charge is 0.482 e. The number of nitriles is 1. The first-order valence-electron chi connectivity index (χ1n) is 8.25. The second-order valence-electron chi connectivity index (χ2n) is 5.92. The summed E-state index contributed by atoms with van der Waals surface area (Å²) in [6, 6.07) is 15.7. The average Bonchev–Trinajstić information content (AvgIpc) is 2.96. The van der Waals surface area contributed by atoms with Crippen molar-refractivity contribution in [3.63, 3.8) is 0 Å². The van der Waals surface area contributed by atoms with Crippen LogP contribution in [0.4, 0.5) is 11.6 Å². The van der Waals surface area contributed by atoms with Gasteiger partial charge < -0.3 is 14.8 Å². The van der Waals surface area contributed by atoms with Gasteiger partial charge in [-0.25, -0.2) is 4.98 Å². The topological polar surface area (TPSA) is 97.1 Å². The Morgan fingerprint density at radius 2 is 2.00 bits per heavy atom. The quantitative estimate of drug-likeness (QED) is 0.756. The van der Waals surface area contributed by atoms with Crippen LogP contribution in [0.15, 0.2) is 54.7 Å². The second kappa shape index (κ2) is 6.77. The number of carbonyl (C=O) groups excluding carboxylic acids is 1. The van der Waals surface area contributed by atoms with Gasteiger partial charge in [-0.1, -0.05) is 0 Å². The summed E-state index contributed by atoms with van der Waals surface area (Å²) >= 11 is 0. The van der Waals surface area contributed by atoms with Crippen molar-refractivity contribution < 1.29 is 14.3 Å². The van der Waals surface area contributed by atoms with Crippen molar-refractivity contribution in [1.82, 2.24) is 9.97 Å². The van der Waals surface area contributed by atoms with Crippen LogP contribution >= 0.6 is 0 Å². The highest BCUT2D eigenvalue weighted by Crippen LogP contribution is 2.33. The molecule has 1 aliphatic heterocycles. The molecule has 0 radical (unpaired) electrons. The highest BCUT2D eigenvalue weighted by atomic mass is 16.5. The average molecular weight is 358 g/mol. The van der Waals surface area contributed by atoms with E-state index in [1.165, 1.54) is 0 Å². The van der Waals surface area contributed by atoms with Crippen molar-refractivity contribution in [2.45, 2.75) is 13.0 Å². The van der Waals surface area contributed by atoms with Crippen LogP contribution in [0, 0.1) is 11.3 Å². The molecule has 27 heavy (non-hydrogen) atoms. The summed E-state index contributed by atoms with van der Waals surface area (Å²) in [7, 11) is 0. The summed E-state index contributed by atoms with van der Waals surface area (Å²) in [6.45, 7) is 1.72. The van der Waals surface area contributed by atoms with Gasteiger partial charge in [-0.05, 0) is 43.3 Å². The molecule has 1 aliphatic rings. The smallest absolute Gasteiger partial charge is 0.230 e. The first kappa shape index (κ1) is 16.5. The van der Waals surface area contributed by atoms with Crippen LogP contribution in [-0.2, 0) is 0 Å². The van der Waals surface area contributed by atoms with Gasteiger partial charge in [0.25, 0.3) is 0 Å². The van der Waals surface area contributed by atoms with Gasteiger partial charge in [0.05, 0.1) is 17.2 Å². The lowest BCUT2D eigenvalue weighted by atomic mass is 10.1. The highest BCUT2D eigenvalue weighted by molar-refractivity contribution is 6.04. The van der Waals surface area contributed by atoms with Crippen molar-refractivity contribution in [3.05, 3.63) is 65.9 Å². The molecule has 0 saturated heterocycles. The van der Waals surface area contributed by atoms with Gasteiger partial charge in [0.1, 0.15) is 11.5 Å². The summed E-state index contributed by atoms with van der Waals surface area (Å²) in [5.74, 6) is 1.69. The molecular formula is C20H14N4O3. The van der Waals surface area contributed by atoms with Crippen LogP contribution in [0.5, 0.6) is 17.4 Å². The minimum absolute atomic E-state index is 0.0347. The molecule has 0 fully saturated rings. The van der Waals surface area contributed by atoms with Crippen LogP contribution in [0.25, 0.3) is 0 Å². The zero-order chi connectivity index (χ0) is 18.8. The Labute approximate surface area is 155 Å². The monoisotopic (exact) mass is 358 g/mol. The standard InChI is InChI=1S/C20H14N4O3/c1-12-19(25)16-7-6-15(10-17(16)26-12)27-18-8-9-22-20(24-18)23-14-4-2-13(11-21)3-5-14/h2-10,12H,1H3,(H,22,23,24). The number of carbonyl (C=O) groups is 1. The van der Waals surface area contributed by atoms with E-state index in [0.29, 0.717) is 34.5 Å². The Morgan fingerprint density at radius 3 is 2.78 bits per heavy atom. The number of nitrogens with one attached hydrogen (secondary N) is 1. The number of Topliss-reactive ketones (excluding diaryl/α,β-unsaturated/α-hetero) is 1. The zero-order valence-corrected chi connectivity index (χ0v) is 14.3. The number of rotatable bonds is 4. The molecule has 1 aromatic heterocycles. The molecule has 2 heterocycles. The van der Waals surface area contributed by atoms with Gasteiger partial charge in [-0.15, -0.1) is 0 Å². The fraction of sp³-hybridized carbons (Fsp3) is 0.100. The summed E-state index contributed by atoms with van der Waals surface area (Å²) in [6.07, 6.45) is 1.10. The Morgan fingerprint density at radius 1 is 1.19 bits per heavy atom. The number of hydrogen-bond donors (Lipinski definition) is 1. The van der Waals surface area contributed by atoms with Gasteiger partial charge in [-0.2, -0.15) is 10.2 Å². The number of ether oxygens (including phenoxy) is 2. The predicted molar refractivity (Wildman–Crippen MR) is 97.4 cm³/mol. The number of nitrogens with zero attached hydrogens (tertiary/aromatic N) is 3. The van der Waals surface area contributed by atoms with E-state index in [1.54, 1.807) is 61.7 Å². The Bertz CT molecular complexity index is 1060. The summed E-state index contributed by atoms with van der Waals surface area (Å²) in [4.78, 5) is 20.4. The molecule has 1 N–H and O–H groups in total. The van der Waals surface area contributed by atoms with E-state index >= 15 is 0 Å². The van der Waals surface area contributed by atoms with Crippen LogP contribution in [0.2, 0.25) is 0 Å². The second-order valence-corrected chi connectivity index (χ2v) is 5.92. The number of hydrogen-bond acceptors (Lipinski definition) is 7. The van der Waals surface area contributed by atoms with Crippen LogP contribution in [-0.4, -0.2) is 21.9 Å². The maximum atomic E-state index is 11.9. The Balaban J connectivity index is 1.51. The zero-order valence-electron chi connectivity index (χ0n) is 14.3. The summed E-state index contributed by atoms with van der Waals surface area (Å²) < 4.78 is 11.3. The normalized spacial score (nSPS) is 14.8. The molecule has 0 bridgehead atoms. The fourth-order valence-corrected chi connectivity index (χ4v) is 2.67. The molecule has 0 aliphatic carbocycles. The van der Waals surface area contributed by atoms with E-state index in [4.69, 9.17) is 14.7 Å². The SMILES string of the molecule is CC1Oc2cc(Oc3ccnc(Nc4ccc(C#N)cc4)n3)ccc2C1=O. The minimum atomic E-state index is -0.475. The van der Waals surface area contributed by atoms with E-state index in [-0.39, 0.29) is 5.78 Å². The van der Waals surface area contributed by atoms with Gasteiger partial charge in [0.2, 0.25) is 17.6 Å². The number of benzene rings is 2. The van der Waals surface area contributed by atoms with Gasteiger partial charge in [0.15, 0.2) is 6.10 Å². The maximum Gasteiger partial charge on any atom is 0.230 e. The van der Waals surface area contributed by atoms with E-state index in [1.807, 2.05) is 0 Å². The first-order chi connectivity index (χ1) is 13.1. The van der Waals surface area contributed by atoms with Crippen molar-refractivity contribution in [2.24, 2.45) is 0 Å². The Kier molecular flexibility index (Phi) is 4.15. The summed E-state index contributed by atoms with van der Waals surface area (Å²) in [5, 5.41) is 11.9. The van der Waals surface area contributed by atoms with Crippen LogP contribution < -0.4 is 14.8 Å². The van der Waals surface area contributed by atoms with E-state index in [0.717, 1.165) is 5.69 Å². The lowest BCUT2D eigenvalue weighted by Gasteiger charge is -2.08. The fourth-order valence-electron chi connectivity index (χ4n) is 2.67. The molecule has 0 amide bonds. The van der Waals surface area contributed by atoms with E-state index in [9.17, 15) is 4.79 Å².